The molecular weight excluding hydrogens is 413 g/mol. The molecule has 1 amide bonds. The number of rotatable bonds is 6. The fourth-order valence-corrected chi connectivity index (χ4v) is 2.91. The van der Waals surface area contributed by atoms with Crippen molar-refractivity contribution >= 4 is 35.1 Å². The van der Waals surface area contributed by atoms with Crippen LogP contribution in [-0.4, -0.2) is 30.5 Å². The summed E-state index contributed by atoms with van der Waals surface area (Å²) in [5.41, 5.74) is 0.939. The molecule has 28 heavy (non-hydrogen) atoms. The van der Waals surface area contributed by atoms with E-state index in [2.05, 4.69) is 20.5 Å². The van der Waals surface area contributed by atoms with Gasteiger partial charge in [-0.25, -0.2) is 18.4 Å². The van der Waals surface area contributed by atoms with Gasteiger partial charge in [0, 0.05) is 5.69 Å². The van der Waals surface area contributed by atoms with Gasteiger partial charge in [-0.05, 0) is 37.6 Å². The van der Waals surface area contributed by atoms with E-state index in [0.717, 1.165) is 5.56 Å². The number of carbonyl (C=O) groups excluding carboxylic acids is 1. The van der Waals surface area contributed by atoms with Crippen molar-refractivity contribution in [1.82, 2.24) is 24.5 Å². The summed E-state index contributed by atoms with van der Waals surface area (Å²) in [5, 5.41) is 11.4. The normalized spacial score (nSPS) is 12.4. The van der Waals surface area contributed by atoms with Crippen molar-refractivity contribution in [2.75, 3.05) is 5.32 Å². The second-order valence-electron chi connectivity index (χ2n) is 6.14. The minimum atomic E-state index is -2.70. The molecule has 0 aliphatic carbocycles. The Morgan fingerprint density at radius 3 is 2.61 bits per heavy atom. The number of nitrogens with one attached hydrogen (secondary N) is 1. The van der Waals surface area contributed by atoms with Gasteiger partial charge >= 0.3 is 0 Å². The molecular formula is C17H16Cl2F2N6O. The molecule has 0 radical (unpaired) electrons. The van der Waals surface area contributed by atoms with Crippen LogP contribution in [0.15, 0.2) is 30.6 Å². The van der Waals surface area contributed by atoms with Crippen LogP contribution in [0.25, 0.3) is 0 Å². The van der Waals surface area contributed by atoms with Gasteiger partial charge in [0.05, 0.1) is 16.6 Å². The first-order valence-corrected chi connectivity index (χ1v) is 8.98. The quantitative estimate of drug-likeness (QED) is 0.635. The number of aryl methyl sites for hydroxylation is 1. The van der Waals surface area contributed by atoms with Crippen LogP contribution < -0.4 is 5.32 Å². The van der Waals surface area contributed by atoms with Gasteiger partial charge in [0.2, 0.25) is 5.95 Å². The molecule has 3 rings (SSSR count). The second-order valence-corrected chi connectivity index (χ2v) is 6.95. The molecule has 1 N–H and O–H groups in total. The average molecular weight is 429 g/mol. The fourth-order valence-electron chi connectivity index (χ4n) is 2.59. The van der Waals surface area contributed by atoms with Gasteiger partial charge in [0.1, 0.15) is 18.1 Å². The summed E-state index contributed by atoms with van der Waals surface area (Å²) in [4.78, 5) is 16.4. The lowest BCUT2D eigenvalue weighted by molar-refractivity contribution is -0.119. The van der Waals surface area contributed by atoms with Crippen molar-refractivity contribution in [2.45, 2.75) is 32.9 Å². The molecule has 1 unspecified atom stereocenters. The summed E-state index contributed by atoms with van der Waals surface area (Å²) in [5.74, 6) is -0.380. The van der Waals surface area contributed by atoms with E-state index in [4.69, 9.17) is 23.2 Å². The lowest BCUT2D eigenvalue weighted by atomic mass is 10.2. The zero-order chi connectivity index (χ0) is 20.4. The SMILES string of the molecule is Cc1cc(C(F)F)nn1C(C)C(=O)Nc1ncn(Cc2ccc(Cl)c(Cl)c2)n1. The van der Waals surface area contributed by atoms with Crippen molar-refractivity contribution in [2.24, 2.45) is 0 Å². The first-order chi connectivity index (χ1) is 13.2. The third-order valence-corrected chi connectivity index (χ3v) is 4.75. The molecule has 11 heteroatoms. The minimum Gasteiger partial charge on any atom is -0.291 e. The van der Waals surface area contributed by atoms with Crippen molar-refractivity contribution < 1.29 is 13.6 Å². The van der Waals surface area contributed by atoms with Gasteiger partial charge in [-0.3, -0.25) is 14.8 Å². The highest BCUT2D eigenvalue weighted by Gasteiger charge is 2.22. The lowest BCUT2D eigenvalue weighted by Gasteiger charge is -2.12. The van der Waals surface area contributed by atoms with Gasteiger partial charge in [0.25, 0.3) is 12.3 Å². The summed E-state index contributed by atoms with van der Waals surface area (Å²) in [6.45, 7) is 3.54. The van der Waals surface area contributed by atoms with Gasteiger partial charge < -0.3 is 0 Å². The van der Waals surface area contributed by atoms with Gasteiger partial charge in [-0.1, -0.05) is 29.3 Å². The summed E-state index contributed by atoms with van der Waals surface area (Å²) in [6, 6.07) is 5.64. The number of halogens is 4. The first-order valence-electron chi connectivity index (χ1n) is 8.23. The van der Waals surface area contributed by atoms with Crippen molar-refractivity contribution in [1.29, 1.82) is 0 Å². The zero-order valence-corrected chi connectivity index (χ0v) is 16.4. The van der Waals surface area contributed by atoms with Crippen molar-refractivity contribution in [3.05, 3.63) is 57.6 Å². The molecule has 2 heterocycles. The molecule has 0 aliphatic heterocycles. The topological polar surface area (TPSA) is 77.6 Å². The Balaban J connectivity index is 1.67. The number of alkyl halides is 2. The molecule has 1 aromatic carbocycles. The van der Waals surface area contributed by atoms with Gasteiger partial charge in [-0.2, -0.15) is 5.10 Å². The molecule has 0 aliphatic rings. The number of aromatic nitrogens is 5. The molecule has 148 valence electrons. The Labute approximate surface area is 169 Å². The number of benzene rings is 1. The fraction of sp³-hybridized carbons (Fsp3) is 0.294. The van der Waals surface area contributed by atoms with E-state index in [1.807, 2.05) is 0 Å². The van der Waals surface area contributed by atoms with Crippen LogP contribution in [0.2, 0.25) is 10.0 Å². The van der Waals surface area contributed by atoms with E-state index in [9.17, 15) is 13.6 Å². The smallest absolute Gasteiger partial charge is 0.282 e. The molecule has 2 aromatic heterocycles. The van der Waals surface area contributed by atoms with Gasteiger partial charge in [0.15, 0.2) is 0 Å². The highest BCUT2D eigenvalue weighted by atomic mass is 35.5. The zero-order valence-electron chi connectivity index (χ0n) is 14.9. The van der Waals surface area contributed by atoms with Crippen LogP contribution in [0.3, 0.4) is 0 Å². The van der Waals surface area contributed by atoms with Gasteiger partial charge in [-0.15, -0.1) is 5.10 Å². The van der Waals surface area contributed by atoms with E-state index in [1.165, 1.54) is 21.8 Å². The van der Waals surface area contributed by atoms with Crippen LogP contribution in [0.4, 0.5) is 14.7 Å². The van der Waals surface area contributed by atoms with E-state index in [-0.39, 0.29) is 11.6 Å². The van der Waals surface area contributed by atoms with Crippen LogP contribution in [0, 0.1) is 6.92 Å². The molecule has 1 atom stereocenters. The molecule has 0 bridgehead atoms. The summed E-state index contributed by atoms with van der Waals surface area (Å²) in [6.07, 6.45) is -1.24. The van der Waals surface area contributed by atoms with Crippen LogP contribution in [-0.2, 0) is 11.3 Å². The van der Waals surface area contributed by atoms with Crippen LogP contribution >= 0.6 is 23.2 Å². The number of nitrogens with zero attached hydrogens (tertiary/aromatic N) is 5. The number of amides is 1. The maximum Gasteiger partial charge on any atom is 0.282 e. The lowest BCUT2D eigenvalue weighted by Crippen LogP contribution is -2.26. The molecule has 7 nitrogen and oxygen atoms in total. The Kier molecular flexibility index (Phi) is 5.95. The largest absolute Gasteiger partial charge is 0.291 e. The van der Waals surface area contributed by atoms with Crippen LogP contribution in [0.5, 0.6) is 0 Å². The maximum atomic E-state index is 12.8. The Morgan fingerprint density at radius 1 is 1.21 bits per heavy atom. The van der Waals surface area contributed by atoms with Crippen LogP contribution in [0.1, 0.15) is 36.3 Å². The van der Waals surface area contributed by atoms with Crippen molar-refractivity contribution in [3.63, 3.8) is 0 Å². The molecule has 0 fully saturated rings. The van der Waals surface area contributed by atoms with Crippen molar-refractivity contribution in [3.8, 4) is 0 Å². The van der Waals surface area contributed by atoms with E-state index >= 15 is 0 Å². The van der Waals surface area contributed by atoms with E-state index < -0.39 is 18.4 Å². The molecule has 0 saturated heterocycles. The average Bonchev–Trinajstić information content (AvgIpc) is 3.24. The molecule has 0 spiro atoms. The first kappa shape index (κ1) is 20.2. The molecule has 3 aromatic rings. The summed E-state index contributed by atoms with van der Waals surface area (Å²) < 4.78 is 28.3. The Hall–Kier alpha value is -2.52. The van der Waals surface area contributed by atoms with E-state index in [1.54, 1.807) is 32.0 Å². The number of hydrogen-bond acceptors (Lipinski definition) is 4. The number of anilines is 1. The number of hydrogen-bond donors (Lipinski definition) is 1. The Bertz CT molecular complexity index is 1000. The summed E-state index contributed by atoms with van der Waals surface area (Å²) >= 11 is 11.9. The highest BCUT2D eigenvalue weighted by Crippen LogP contribution is 2.23. The summed E-state index contributed by atoms with van der Waals surface area (Å²) in [7, 11) is 0. The standard InChI is InChI=1S/C17H16Cl2F2N6O/c1-9-5-14(15(20)21)24-27(9)10(2)16(28)23-17-22-8-26(25-17)7-11-3-4-12(18)13(19)6-11/h3-6,8,10,15H,7H2,1-2H3,(H,23,25,28). The third kappa shape index (κ3) is 4.48. The second kappa shape index (κ2) is 8.24. The number of carbonyl (C=O) groups is 1. The Morgan fingerprint density at radius 2 is 1.96 bits per heavy atom. The van der Waals surface area contributed by atoms with E-state index in [0.29, 0.717) is 22.3 Å². The molecule has 0 saturated carbocycles. The predicted molar refractivity (Wildman–Crippen MR) is 101 cm³/mol. The maximum absolute atomic E-state index is 12.8. The monoisotopic (exact) mass is 428 g/mol. The third-order valence-electron chi connectivity index (χ3n) is 4.01. The predicted octanol–water partition coefficient (Wildman–Crippen LogP) is 4.28. The highest BCUT2D eigenvalue weighted by molar-refractivity contribution is 6.42. The minimum absolute atomic E-state index is 0.0933.